The molecule has 0 heterocycles. The van der Waals surface area contributed by atoms with E-state index < -0.39 is 0 Å². The fraction of sp³-hybridized carbons (Fsp3) is 0.200. The highest BCUT2D eigenvalue weighted by atomic mass is 79.9. The van der Waals surface area contributed by atoms with E-state index in [-0.39, 0.29) is 0 Å². The normalized spacial score (nSPS) is 10.3. The highest BCUT2D eigenvalue weighted by Crippen LogP contribution is 2.36. The van der Waals surface area contributed by atoms with E-state index >= 15 is 0 Å². The highest BCUT2D eigenvalue weighted by Gasteiger charge is 2.09. The van der Waals surface area contributed by atoms with Gasteiger partial charge in [0.1, 0.15) is 23.9 Å². The van der Waals surface area contributed by atoms with Crippen molar-refractivity contribution in [1.29, 1.82) is 0 Å². The molecule has 0 fully saturated rings. The van der Waals surface area contributed by atoms with Gasteiger partial charge in [-0.1, -0.05) is 0 Å². The first kappa shape index (κ1) is 16.0. The molecular formula is C15H15Br2NO3. The van der Waals surface area contributed by atoms with Gasteiger partial charge in [-0.25, -0.2) is 0 Å². The third-order valence-corrected chi connectivity index (χ3v) is 4.06. The van der Waals surface area contributed by atoms with Crippen LogP contribution in [0.1, 0.15) is 5.56 Å². The van der Waals surface area contributed by atoms with Gasteiger partial charge in [0.25, 0.3) is 0 Å². The van der Waals surface area contributed by atoms with Gasteiger partial charge in [-0.2, -0.15) is 0 Å². The van der Waals surface area contributed by atoms with Gasteiger partial charge in [-0.3, -0.25) is 0 Å². The van der Waals surface area contributed by atoms with Crippen molar-refractivity contribution in [3.63, 3.8) is 0 Å². The van der Waals surface area contributed by atoms with Crippen LogP contribution in [0.3, 0.4) is 0 Å². The topological polar surface area (TPSA) is 53.7 Å². The van der Waals surface area contributed by atoms with Crippen LogP contribution in [0.4, 0.5) is 5.69 Å². The Bertz CT molecular complexity index is 647. The summed E-state index contributed by atoms with van der Waals surface area (Å²) in [5, 5.41) is 0. The number of benzene rings is 2. The Morgan fingerprint density at radius 3 is 2.24 bits per heavy atom. The number of nitrogens with two attached hydrogens (primary N) is 1. The molecule has 0 radical (unpaired) electrons. The summed E-state index contributed by atoms with van der Waals surface area (Å²) in [6.07, 6.45) is 0. The predicted molar refractivity (Wildman–Crippen MR) is 90.1 cm³/mol. The Morgan fingerprint density at radius 1 is 0.905 bits per heavy atom. The van der Waals surface area contributed by atoms with Crippen LogP contribution in [0, 0.1) is 0 Å². The third kappa shape index (κ3) is 4.04. The molecule has 112 valence electrons. The van der Waals surface area contributed by atoms with Crippen LogP contribution in [-0.2, 0) is 6.61 Å². The van der Waals surface area contributed by atoms with Crippen molar-refractivity contribution in [2.24, 2.45) is 0 Å². The van der Waals surface area contributed by atoms with Crippen LogP contribution in [-0.4, -0.2) is 14.2 Å². The van der Waals surface area contributed by atoms with Gasteiger partial charge < -0.3 is 19.9 Å². The van der Waals surface area contributed by atoms with Crippen LogP contribution in [0.25, 0.3) is 0 Å². The quantitative estimate of drug-likeness (QED) is 0.734. The van der Waals surface area contributed by atoms with Crippen LogP contribution < -0.4 is 19.9 Å². The molecule has 0 atom stereocenters. The Balaban J connectivity index is 2.16. The van der Waals surface area contributed by atoms with Gasteiger partial charge >= 0.3 is 0 Å². The third-order valence-electron chi connectivity index (χ3n) is 2.83. The van der Waals surface area contributed by atoms with Crippen molar-refractivity contribution in [2.75, 3.05) is 20.0 Å². The van der Waals surface area contributed by atoms with Crippen LogP contribution in [0.5, 0.6) is 17.2 Å². The maximum atomic E-state index is 5.83. The van der Waals surface area contributed by atoms with Crippen LogP contribution in [0.15, 0.2) is 39.3 Å². The standard InChI is InChI=1S/C15H15Br2NO3/c1-19-11-4-9(3-10(18)5-11)8-21-15-7-12(16)14(20-2)6-13(15)17/h3-7H,8,18H2,1-2H3. The van der Waals surface area contributed by atoms with Crippen molar-refractivity contribution in [3.05, 3.63) is 44.8 Å². The summed E-state index contributed by atoms with van der Waals surface area (Å²) in [6.45, 7) is 0.388. The fourth-order valence-corrected chi connectivity index (χ4v) is 2.75. The molecule has 0 aliphatic carbocycles. The molecule has 0 amide bonds. The monoisotopic (exact) mass is 415 g/mol. The average Bonchev–Trinajstić information content (AvgIpc) is 2.47. The molecule has 21 heavy (non-hydrogen) atoms. The lowest BCUT2D eigenvalue weighted by Gasteiger charge is -2.12. The summed E-state index contributed by atoms with van der Waals surface area (Å²) in [5.41, 5.74) is 7.40. The Labute approximate surface area is 140 Å². The van der Waals surface area contributed by atoms with Gasteiger partial charge in [0, 0.05) is 11.8 Å². The molecule has 2 aromatic carbocycles. The van der Waals surface area contributed by atoms with E-state index in [1.165, 1.54) is 0 Å². The smallest absolute Gasteiger partial charge is 0.135 e. The maximum absolute atomic E-state index is 5.83. The molecule has 0 saturated heterocycles. The molecule has 0 bridgehead atoms. The van der Waals surface area contributed by atoms with E-state index in [0.29, 0.717) is 23.8 Å². The van der Waals surface area contributed by atoms with Crippen molar-refractivity contribution >= 4 is 37.5 Å². The van der Waals surface area contributed by atoms with Gasteiger partial charge in [0.2, 0.25) is 0 Å². The minimum atomic E-state index is 0.388. The van der Waals surface area contributed by atoms with Crippen molar-refractivity contribution in [3.8, 4) is 17.2 Å². The number of hydrogen-bond acceptors (Lipinski definition) is 4. The second-order valence-electron chi connectivity index (χ2n) is 4.32. The van der Waals surface area contributed by atoms with E-state index in [1.54, 1.807) is 20.3 Å². The summed E-state index contributed by atoms with van der Waals surface area (Å²) in [4.78, 5) is 0. The minimum absolute atomic E-state index is 0.388. The van der Waals surface area contributed by atoms with E-state index in [9.17, 15) is 0 Å². The highest BCUT2D eigenvalue weighted by molar-refractivity contribution is 9.11. The molecule has 0 unspecified atom stereocenters. The minimum Gasteiger partial charge on any atom is -0.497 e. The second-order valence-corrected chi connectivity index (χ2v) is 6.03. The number of nitrogen functional groups attached to an aromatic ring is 1. The SMILES string of the molecule is COc1cc(N)cc(COc2cc(Br)c(OC)cc2Br)c1. The number of rotatable bonds is 5. The average molecular weight is 417 g/mol. The summed E-state index contributed by atoms with van der Waals surface area (Å²) in [6, 6.07) is 9.22. The summed E-state index contributed by atoms with van der Waals surface area (Å²) in [5.74, 6) is 2.16. The summed E-state index contributed by atoms with van der Waals surface area (Å²) >= 11 is 6.90. The number of methoxy groups -OCH3 is 2. The molecule has 4 nitrogen and oxygen atoms in total. The summed E-state index contributed by atoms with van der Waals surface area (Å²) in [7, 11) is 3.22. The van der Waals surface area contributed by atoms with Crippen LogP contribution >= 0.6 is 31.9 Å². The number of anilines is 1. The molecule has 0 aromatic heterocycles. The Kier molecular flexibility index (Phi) is 5.36. The van der Waals surface area contributed by atoms with E-state index in [1.807, 2.05) is 24.3 Å². The number of hydrogen-bond donors (Lipinski definition) is 1. The molecule has 0 spiro atoms. The van der Waals surface area contributed by atoms with Gasteiger partial charge in [0.15, 0.2) is 0 Å². The van der Waals surface area contributed by atoms with Gasteiger partial charge in [0.05, 0.1) is 23.2 Å². The van der Waals surface area contributed by atoms with Gasteiger partial charge in [-0.15, -0.1) is 0 Å². The fourth-order valence-electron chi connectivity index (χ4n) is 1.83. The molecular weight excluding hydrogens is 402 g/mol. The second kappa shape index (κ2) is 7.04. The number of halogens is 2. The Morgan fingerprint density at radius 2 is 1.57 bits per heavy atom. The lowest BCUT2D eigenvalue weighted by atomic mass is 10.2. The van der Waals surface area contributed by atoms with Crippen molar-refractivity contribution in [2.45, 2.75) is 6.61 Å². The first-order valence-corrected chi connectivity index (χ1v) is 7.71. The van der Waals surface area contributed by atoms with E-state index in [0.717, 1.165) is 20.3 Å². The number of ether oxygens (including phenoxy) is 3. The van der Waals surface area contributed by atoms with E-state index in [2.05, 4.69) is 31.9 Å². The summed E-state index contributed by atoms with van der Waals surface area (Å²) < 4.78 is 17.9. The van der Waals surface area contributed by atoms with Crippen molar-refractivity contribution in [1.82, 2.24) is 0 Å². The largest absolute Gasteiger partial charge is 0.497 e. The van der Waals surface area contributed by atoms with Crippen molar-refractivity contribution < 1.29 is 14.2 Å². The lowest BCUT2D eigenvalue weighted by Crippen LogP contribution is -1.99. The van der Waals surface area contributed by atoms with E-state index in [4.69, 9.17) is 19.9 Å². The molecule has 6 heteroatoms. The van der Waals surface area contributed by atoms with Crippen LogP contribution in [0.2, 0.25) is 0 Å². The zero-order chi connectivity index (χ0) is 15.4. The predicted octanol–water partition coefficient (Wildman–Crippen LogP) is 4.39. The maximum Gasteiger partial charge on any atom is 0.135 e. The Hall–Kier alpha value is -1.40. The zero-order valence-electron chi connectivity index (χ0n) is 11.7. The molecule has 2 aromatic rings. The lowest BCUT2D eigenvalue weighted by molar-refractivity contribution is 0.302. The zero-order valence-corrected chi connectivity index (χ0v) is 14.8. The first-order chi connectivity index (χ1) is 10.0. The molecule has 0 aliphatic rings. The molecule has 0 aliphatic heterocycles. The molecule has 2 N–H and O–H groups in total. The first-order valence-electron chi connectivity index (χ1n) is 6.12. The molecule has 2 rings (SSSR count). The molecule has 0 saturated carbocycles. The van der Waals surface area contributed by atoms with Gasteiger partial charge in [-0.05, 0) is 61.7 Å².